The number of amides is 1. The Balaban J connectivity index is 2.15. The van der Waals surface area contributed by atoms with Gasteiger partial charge >= 0.3 is 0 Å². The molecule has 0 aliphatic carbocycles. The quantitative estimate of drug-likeness (QED) is 0.320. The minimum absolute atomic E-state index is 0.110. The van der Waals surface area contributed by atoms with Crippen LogP contribution in [0.5, 0.6) is 0 Å². The molecule has 2 aromatic carbocycles. The maximum absolute atomic E-state index is 12.7. The number of benzene rings is 2. The number of halogens is 1. The number of aliphatic hydroxyl groups is 1. The normalized spacial score (nSPS) is 19.2. The van der Waals surface area contributed by atoms with Crippen molar-refractivity contribution in [2.75, 3.05) is 20.3 Å². The Morgan fingerprint density at radius 2 is 1.77 bits per heavy atom. The van der Waals surface area contributed by atoms with Crippen LogP contribution in [0.15, 0.2) is 60.2 Å². The first-order chi connectivity index (χ1) is 12.5. The zero-order valence-corrected chi connectivity index (χ0v) is 16.3. The van der Waals surface area contributed by atoms with E-state index in [0.29, 0.717) is 12.2 Å². The summed E-state index contributed by atoms with van der Waals surface area (Å²) >= 11 is 2.19. The molecule has 6 heteroatoms. The number of carbonyl (C=O) groups excluding carboxylic acids is 2. The van der Waals surface area contributed by atoms with E-state index < -0.39 is 17.7 Å². The second-order valence-corrected chi connectivity index (χ2v) is 7.15. The molecule has 1 atom stereocenters. The van der Waals surface area contributed by atoms with Gasteiger partial charge in [-0.2, -0.15) is 0 Å². The number of ketones is 1. The molecular formula is C20H18INO4. The number of rotatable bonds is 5. The molecule has 26 heavy (non-hydrogen) atoms. The van der Waals surface area contributed by atoms with Gasteiger partial charge in [0.15, 0.2) is 0 Å². The first-order valence-electron chi connectivity index (χ1n) is 8.13. The maximum Gasteiger partial charge on any atom is 0.295 e. The van der Waals surface area contributed by atoms with Crippen LogP contribution in [0.4, 0.5) is 0 Å². The van der Waals surface area contributed by atoms with Crippen LogP contribution in [0.3, 0.4) is 0 Å². The van der Waals surface area contributed by atoms with Crippen LogP contribution < -0.4 is 0 Å². The number of hydrogen-bond acceptors (Lipinski definition) is 4. The Bertz CT molecular complexity index is 846. The predicted octanol–water partition coefficient (Wildman–Crippen LogP) is 3.36. The van der Waals surface area contributed by atoms with Crippen molar-refractivity contribution in [3.05, 3.63) is 74.9 Å². The Morgan fingerprint density at radius 3 is 2.38 bits per heavy atom. The lowest BCUT2D eigenvalue weighted by Gasteiger charge is -2.25. The fourth-order valence-corrected chi connectivity index (χ4v) is 3.40. The predicted molar refractivity (Wildman–Crippen MR) is 106 cm³/mol. The Hall–Kier alpha value is -2.19. The highest BCUT2D eigenvalue weighted by Gasteiger charge is 2.45. The van der Waals surface area contributed by atoms with Gasteiger partial charge in [0.05, 0.1) is 18.2 Å². The van der Waals surface area contributed by atoms with Crippen LogP contribution in [0.2, 0.25) is 0 Å². The highest BCUT2D eigenvalue weighted by atomic mass is 127. The van der Waals surface area contributed by atoms with Crippen molar-refractivity contribution < 1.29 is 19.4 Å². The molecule has 1 amide bonds. The lowest BCUT2D eigenvalue weighted by molar-refractivity contribution is -0.140. The van der Waals surface area contributed by atoms with Gasteiger partial charge < -0.3 is 14.7 Å². The van der Waals surface area contributed by atoms with Crippen LogP contribution in [-0.4, -0.2) is 42.0 Å². The van der Waals surface area contributed by atoms with E-state index in [9.17, 15) is 14.7 Å². The number of hydrogen-bond donors (Lipinski definition) is 1. The van der Waals surface area contributed by atoms with E-state index in [1.165, 1.54) is 4.90 Å². The molecule has 0 aromatic heterocycles. The van der Waals surface area contributed by atoms with Crippen molar-refractivity contribution in [1.82, 2.24) is 4.90 Å². The number of nitrogens with zero attached hydrogens (tertiary/aromatic N) is 1. The average Bonchev–Trinajstić information content (AvgIpc) is 2.91. The SMILES string of the molecule is COCCN1C(=O)C(=O)C(=C(O)c2ccccc2)C1c1ccc(I)cc1. The van der Waals surface area contributed by atoms with Gasteiger partial charge in [-0.25, -0.2) is 0 Å². The highest BCUT2D eigenvalue weighted by molar-refractivity contribution is 14.1. The third kappa shape index (κ3) is 3.52. The number of ether oxygens (including phenoxy) is 1. The van der Waals surface area contributed by atoms with E-state index in [4.69, 9.17) is 4.74 Å². The van der Waals surface area contributed by atoms with Crippen molar-refractivity contribution in [3.8, 4) is 0 Å². The van der Waals surface area contributed by atoms with Gasteiger partial charge in [-0.3, -0.25) is 9.59 Å². The minimum Gasteiger partial charge on any atom is -0.507 e. The maximum atomic E-state index is 12.7. The van der Waals surface area contributed by atoms with Crippen LogP contribution in [0.25, 0.3) is 5.76 Å². The first-order valence-corrected chi connectivity index (χ1v) is 9.20. The molecule has 0 saturated carbocycles. The van der Waals surface area contributed by atoms with E-state index in [2.05, 4.69) is 22.6 Å². The number of methoxy groups -OCH3 is 1. The van der Waals surface area contributed by atoms with E-state index >= 15 is 0 Å². The molecule has 1 saturated heterocycles. The third-order valence-electron chi connectivity index (χ3n) is 4.31. The molecule has 1 heterocycles. The number of Topliss-reactive ketones (excluding diaryl/α,β-unsaturated/α-hetero) is 1. The number of carbonyl (C=O) groups is 2. The summed E-state index contributed by atoms with van der Waals surface area (Å²) in [5, 5.41) is 10.8. The molecule has 1 aliphatic rings. The minimum atomic E-state index is -0.675. The van der Waals surface area contributed by atoms with E-state index in [1.807, 2.05) is 30.3 Å². The second kappa shape index (κ2) is 8.01. The van der Waals surface area contributed by atoms with E-state index in [-0.39, 0.29) is 17.9 Å². The van der Waals surface area contributed by atoms with Crippen LogP contribution in [0.1, 0.15) is 17.2 Å². The van der Waals surface area contributed by atoms with Crippen LogP contribution >= 0.6 is 22.6 Å². The van der Waals surface area contributed by atoms with Gasteiger partial charge in [-0.1, -0.05) is 42.5 Å². The largest absolute Gasteiger partial charge is 0.507 e. The lowest BCUT2D eigenvalue weighted by atomic mass is 9.95. The molecule has 3 rings (SSSR count). The van der Waals surface area contributed by atoms with Gasteiger partial charge in [0.25, 0.3) is 11.7 Å². The van der Waals surface area contributed by atoms with Gasteiger partial charge in [0, 0.05) is 22.8 Å². The topological polar surface area (TPSA) is 66.8 Å². The fourth-order valence-electron chi connectivity index (χ4n) is 3.04. The molecule has 1 N–H and O–H groups in total. The van der Waals surface area contributed by atoms with Gasteiger partial charge in [0.2, 0.25) is 0 Å². The van der Waals surface area contributed by atoms with Crippen LogP contribution in [-0.2, 0) is 14.3 Å². The summed E-state index contributed by atoms with van der Waals surface area (Å²) in [5.41, 5.74) is 1.39. The van der Waals surface area contributed by atoms with Crippen molar-refractivity contribution in [1.29, 1.82) is 0 Å². The molecule has 0 radical (unpaired) electrons. The Morgan fingerprint density at radius 1 is 1.12 bits per heavy atom. The average molecular weight is 463 g/mol. The van der Waals surface area contributed by atoms with Crippen molar-refractivity contribution >= 4 is 40.0 Å². The zero-order chi connectivity index (χ0) is 18.7. The zero-order valence-electron chi connectivity index (χ0n) is 14.2. The molecule has 5 nitrogen and oxygen atoms in total. The Kier molecular flexibility index (Phi) is 5.73. The van der Waals surface area contributed by atoms with Crippen molar-refractivity contribution in [3.63, 3.8) is 0 Å². The summed E-state index contributed by atoms with van der Waals surface area (Å²) in [6, 6.07) is 15.7. The molecule has 134 valence electrons. The summed E-state index contributed by atoms with van der Waals surface area (Å²) in [5.74, 6) is -1.46. The first kappa shape index (κ1) is 18.6. The smallest absolute Gasteiger partial charge is 0.295 e. The molecule has 1 aliphatic heterocycles. The van der Waals surface area contributed by atoms with E-state index in [1.54, 1.807) is 31.4 Å². The second-order valence-electron chi connectivity index (χ2n) is 5.90. The summed E-state index contributed by atoms with van der Waals surface area (Å²) in [4.78, 5) is 26.7. The molecule has 2 aromatic rings. The third-order valence-corrected chi connectivity index (χ3v) is 5.03. The standard InChI is InChI=1S/C20H18INO4/c1-26-12-11-22-17(13-7-9-15(21)10-8-13)16(19(24)20(22)25)18(23)14-5-3-2-4-6-14/h2-10,17,23H,11-12H2,1H3. The molecule has 1 fully saturated rings. The molecular weight excluding hydrogens is 445 g/mol. The van der Waals surface area contributed by atoms with Crippen LogP contribution in [0, 0.1) is 3.57 Å². The summed E-state index contributed by atoms with van der Waals surface area (Å²) < 4.78 is 6.13. The number of aliphatic hydroxyl groups excluding tert-OH is 1. The molecule has 1 unspecified atom stereocenters. The van der Waals surface area contributed by atoms with E-state index in [0.717, 1.165) is 9.13 Å². The van der Waals surface area contributed by atoms with Crippen molar-refractivity contribution in [2.45, 2.75) is 6.04 Å². The Labute approximate surface area is 165 Å². The molecule has 0 spiro atoms. The lowest BCUT2D eigenvalue weighted by Crippen LogP contribution is -2.32. The summed E-state index contributed by atoms with van der Waals surface area (Å²) in [7, 11) is 1.54. The van der Waals surface area contributed by atoms with Gasteiger partial charge in [-0.05, 0) is 40.3 Å². The summed E-state index contributed by atoms with van der Waals surface area (Å²) in [6.45, 7) is 0.572. The fraction of sp³-hybridized carbons (Fsp3) is 0.200. The number of likely N-dealkylation sites (tertiary alicyclic amines) is 1. The summed E-state index contributed by atoms with van der Waals surface area (Å²) in [6.07, 6.45) is 0. The highest BCUT2D eigenvalue weighted by Crippen LogP contribution is 2.39. The van der Waals surface area contributed by atoms with Gasteiger partial charge in [0.1, 0.15) is 5.76 Å². The van der Waals surface area contributed by atoms with Gasteiger partial charge in [-0.15, -0.1) is 0 Å². The molecule has 0 bridgehead atoms. The monoisotopic (exact) mass is 463 g/mol. The van der Waals surface area contributed by atoms with Crippen molar-refractivity contribution in [2.24, 2.45) is 0 Å².